The van der Waals surface area contributed by atoms with E-state index in [0.29, 0.717) is 28.4 Å². The van der Waals surface area contributed by atoms with Crippen molar-refractivity contribution in [3.8, 4) is 23.2 Å². The lowest BCUT2D eigenvalue weighted by atomic mass is 9.98. The Hall–Kier alpha value is -2.65. The molecule has 7 heteroatoms. The van der Waals surface area contributed by atoms with Crippen LogP contribution in [0.5, 0.6) is 0 Å². The van der Waals surface area contributed by atoms with Crippen LogP contribution < -0.4 is 5.73 Å². The largest absolute Gasteiger partial charge is 0.382 e. The number of fused-ring (bicyclic) bond motifs is 1. The zero-order valence-corrected chi connectivity index (χ0v) is 15.3. The molecule has 0 atom stereocenters. The summed E-state index contributed by atoms with van der Waals surface area (Å²) in [6.07, 6.45) is 0. The minimum absolute atomic E-state index is 0. The molecule has 5 nitrogen and oxygen atoms in total. The van der Waals surface area contributed by atoms with Crippen LogP contribution in [0.15, 0.2) is 24.3 Å². The second-order valence-corrected chi connectivity index (χ2v) is 6.61. The van der Waals surface area contributed by atoms with Gasteiger partial charge in [0.2, 0.25) is 5.82 Å². The molecule has 1 aromatic carbocycles. The lowest BCUT2D eigenvalue weighted by molar-refractivity contribution is 0.571. The summed E-state index contributed by atoms with van der Waals surface area (Å²) in [6, 6.07) is 6.24. The lowest BCUT2D eigenvalue weighted by Gasteiger charge is -2.06. The van der Waals surface area contributed by atoms with Crippen molar-refractivity contribution in [2.45, 2.75) is 20.8 Å². The van der Waals surface area contributed by atoms with Crippen LogP contribution in [0.25, 0.3) is 22.6 Å². The van der Waals surface area contributed by atoms with Gasteiger partial charge in [0.05, 0.1) is 0 Å². The summed E-state index contributed by atoms with van der Waals surface area (Å²) in [5, 5.41) is 0. The number of rotatable bonds is 1. The zero-order chi connectivity index (χ0) is 17.5. The van der Waals surface area contributed by atoms with Gasteiger partial charge in [0.1, 0.15) is 11.6 Å². The Bertz CT molecular complexity index is 992. The Morgan fingerprint density at radius 2 is 1.88 bits per heavy atom. The third-order valence-corrected chi connectivity index (χ3v) is 3.38. The fourth-order valence-electron chi connectivity index (χ4n) is 2.27. The first-order valence-corrected chi connectivity index (χ1v) is 7.54. The van der Waals surface area contributed by atoms with Gasteiger partial charge in [0, 0.05) is 18.0 Å². The number of hydrogen-bond acceptors (Lipinski definition) is 4. The van der Waals surface area contributed by atoms with Crippen molar-refractivity contribution in [3.63, 3.8) is 0 Å². The second kappa shape index (κ2) is 6.69. The standard InChI is InChI=1S/C18H18FN5.ClH/c1-18(2,3)9-8-13-21-15(20)14-17(22-13)24(4)16(23-14)11-6-5-7-12(19)10-11;/h5-7,10H,1-4H3,(H2,20,21,22);1H. The normalized spacial score (nSPS) is 10.9. The van der Waals surface area contributed by atoms with E-state index >= 15 is 0 Å². The number of aryl methyl sites for hydroxylation is 1. The van der Waals surface area contributed by atoms with Crippen molar-refractivity contribution < 1.29 is 4.39 Å². The first-order valence-electron chi connectivity index (χ1n) is 7.54. The molecule has 0 aliphatic heterocycles. The molecular formula is C18H19ClFN5. The molecule has 25 heavy (non-hydrogen) atoms. The smallest absolute Gasteiger partial charge is 0.208 e. The molecule has 0 radical (unpaired) electrons. The maximum absolute atomic E-state index is 13.5. The molecule has 0 spiro atoms. The lowest BCUT2D eigenvalue weighted by Crippen LogP contribution is -2.03. The summed E-state index contributed by atoms with van der Waals surface area (Å²) < 4.78 is 15.3. The van der Waals surface area contributed by atoms with Crippen LogP contribution in [-0.2, 0) is 7.05 Å². The second-order valence-electron chi connectivity index (χ2n) is 6.61. The van der Waals surface area contributed by atoms with Gasteiger partial charge in [-0.3, -0.25) is 0 Å². The molecule has 130 valence electrons. The molecule has 0 fully saturated rings. The van der Waals surface area contributed by atoms with Crippen molar-refractivity contribution >= 4 is 29.4 Å². The molecule has 0 aliphatic rings. The highest BCUT2D eigenvalue weighted by Gasteiger charge is 2.15. The quantitative estimate of drug-likeness (QED) is 0.674. The maximum atomic E-state index is 13.5. The molecule has 2 heterocycles. The van der Waals surface area contributed by atoms with Crippen LogP contribution in [0.1, 0.15) is 26.6 Å². The predicted molar refractivity (Wildman–Crippen MR) is 99.7 cm³/mol. The van der Waals surface area contributed by atoms with Gasteiger partial charge in [0.25, 0.3) is 0 Å². The van der Waals surface area contributed by atoms with Gasteiger partial charge in [0.15, 0.2) is 17.0 Å². The summed E-state index contributed by atoms with van der Waals surface area (Å²) in [4.78, 5) is 13.1. The zero-order valence-electron chi connectivity index (χ0n) is 14.5. The third-order valence-electron chi connectivity index (χ3n) is 3.38. The number of benzene rings is 1. The number of nitrogens with zero attached hydrogens (tertiary/aromatic N) is 4. The van der Waals surface area contributed by atoms with Gasteiger partial charge in [-0.05, 0) is 38.8 Å². The van der Waals surface area contributed by atoms with E-state index in [1.807, 2.05) is 27.8 Å². The summed E-state index contributed by atoms with van der Waals surface area (Å²) in [5.74, 6) is 6.90. The average Bonchev–Trinajstić information content (AvgIpc) is 2.83. The number of anilines is 1. The van der Waals surface area contributed by atoms with E-state index in [4.69, 9.17) is 5.73 Å². The fraction of sp³-hybridized carbons (Fsp3) is 0.278. The van der Waals surface area contributed by atoms with Crippen molar-refractivity contribution in [1.29, 1.82) is 0 Å². The van der Waals surface area contributed by atoms with Crippen LogP contribution in [0.3, 0.4) is 0 Å². The fourth-order valence-corrected chi connectivity index (χ4v) is 2.27. The number of nitrogen functional groups attached to an aromatic ring is 1. The van der Waals surface area contributed by atoms with E-state index in [0.717, 1.165) is 0 Å². The molecule has 0 saturated carbocycles. The SMILES string of the molecule is Cl.Cn1c(-c2cccc(F)c2)nc2c(N)nc(C#CC(C)(C)C)nc21. The molecule has 0 amide bonds. The third kappa shape index (κ3) is 3.89. The number of imidazole rings is 1. The number of nitrogens with two attached hydrogens (primary N) is 1. The minimum Gasteiger partial charge on any atom is -0.382 e. The number of hydrogen-bond donors (Lipinski definition) is 1. The monoisotopic (exact) mass is 359 g/mol. The van der Waals surface area contributed by atoms with Crippen LogP contribution in [0.2, 0.25) is 0 Å². The van der Waals surface area contributed by atoms with Gasteiger partial charge in [-0.25, -0.2) is 19.3 Å². The van der Waals surface area contributed by atoms with E-state index in [1.165, 1.54) is 12.1 Å². The highest BCUT2D eigenvalue weighted by Crippen LogP contribution is 2.25. The summed E-state index contributed by atoms with van der Waals surface area (Å²) in [7, 11) is 1.81. The van der Waals surface area contributed by atoms with E-state index < -0.39 is 0 Å². The molecule has 3 aromatic rings. The molecule has 0 bridgehead atoms. The Kier molecular flexibility index (Phi) is 5.00. The topological polar surface area (TPSA) is 69.6 Å². The Morgan fingerprint density at radius 1 is 1.16 bits per heavy atom. The van der Waals surface area contributed by atoms with E-state index in [2.05, 4.69) is 26.8 Å². The number of halogens is 2. The molecule has 0 saturated heterocycles. The average molecular weight is 360 g/mol. The summed E-state index contributed by atoms with van der Waals surface area (Å²) in [5.41, 5.74) is 7.56. The number of aromatic nitrogens is 4. The maximum Gasteiger partial charge on any atom is 0.208 e. The van der Waals surface area contributed by atoms with Crippen molar-refractivity contribution in [2.75, 3.05) is 5.73 Å². The first-order chi connectivity index (χ1) is 11.2. The Balaban J connectivity index is 0.00000225. The first kappa shape index (κ1) is 18.7. The molecule has 2 N–H and O–H groups in total. The summed E-state index contributed by atoms with van der Waals surface area (Å²) >= 11 is 0. The summed E-state index contributed by atoms with van der Waals surface area (Å²) in [6.45, 7) is 6.02. The van der Waals surface area contributed by atoms with Crippen molar-refractivity contribution in [1.82, 2.24) is 19.5 Å². The van der Waals surface area contributed by atoms with Gasteiger partial charge >= 0.3 is 0 Å². The molecule has 2 aromatic heterocycles. The molecular weight excluding hydrogens is 341 g/mol. The van der Waals surface area contributed by atoms with Gasteiger partial charge in [-0.2, -0.15) is 0 Å². The molecule has 0 aliphatic carbocycles. The Labute approximate surface area is 151 Å². The Morgan fingerprint density at radius 3 is 2.52 bits per heavy atom. The molecule has 3 rings (SSSR count). The van der Waals surface area contributed by atoms with Crippen molar-refractivity contribution in [3.05, 3.63) is 35.9 Å². The van der Waals surface area contributed by atoms with Crippen LogP contribution in [-0.4, -0.2) is 19.5 Å². The van der Waals surface area contributed by atoms with Crippen LogP contribution in [0, 0.1) is 23.1 Å². The van der Waals surface area contributed by atoms with Crippen LogP contribution >= 0.6 is 12.4 Å². The highest BCUT2D eigenvalue weighted by molar-refractivity contribution is 5.86. The van der Waals surface area contributed by atoms with E-state index in [9.17, 15) is 4.39 Å². The van der Waals surface area contributed by atoms with Gasteiger partial charge < -0.3 is 10.3 Å². The van der Waals surface area contributed by atoms with Gasteiger partial charge in [-0.15, -0.1) is 12.4 Å². The van der Waals surface area contributed by atoms with E-state index in [1.54, 1.807) is 16.7 Å². The molecule has 0 unspecified atom stereocenters. The van der Waals surface area contributed by atoms with Crippen LogP contribution in [0.4, 0.5) is 10.2 Å². The van der Waals surface area contributed by atoms with E-state index in [-0.39, 0.29) is 29.5 Å². The van der Waals surface area contributed by atoms with Gasteiger partial charge in [-0.1, -0.05) is 18.1 Å². The van der Waals surface area contributed by atoms with Crippen molar-refractivity contribution in [2.24, 2.45) is 12.5 Å². The minimum atomic E-state index is -0.324. The highest BCUT2D eigenvalue weighted by atomic mass is 35.5. The predicted octanol–water partition coefficient (Wildman–Crippen LogP) is 3.57.